The maximum Gasteiger partial charge on any atom is 0.248 e. The van der Waals surface area contributed by atoms with Crippen LogP contribution in [0.2, 0.25) is 0 Å². The number of amides is 3. The summed E-state index contributed by atoms with van der Waals surface area (Å²) in [5, 5.41) is 10.4. The van der Waals surface area contributed by atoms with Crippen molar-refractivity contribution in [1.82, 2.24) is 14.7 Å². The Morgan fingerprint density at radius 2 is 1.80 bits per heavy atom. The average molecular weight is 564 g/mol. The van der Waals surface area contributed by atoms with Crippen molar-refractivity contribution < 1.29 is 24.2 Å². The van der Waals surface area contributed by atoms with Crippen LogP contribution in [0.1, 0.15) is 63.9 Å². The lowest BCUT2D eigenvalue weighted by atomic mass is 9.70. The highest BCUT2D eigenvalue weighted by Crippen LogP contribution is 2.59. The molecule has 8 heteroatoms. The van der Waals surface area contributed by atoms with E-state index in [0.717, 1.165) is 37.7 Å². The second-order valence-corrected chi connectivity index (χ2v) is 12.1. The van der Waals surface area contributed by atoms with E-state index in [9.17, 15) is 19.5 Å². The first kappa shape index (κ1) is 29.5. The number of carbonyl (C=O) groups is 3. The second-order valence-electron chi connectivity index (χ2n) is 12.1. The van der Waals surface area contributed by atoms with Crippen LogP contribution in [-0.4, -0.2) is 87.1 Å². The van der Waals surface area contributed by atoms with E-state index in [1.165, 1.54) is 0 Å². The van der Waals surface area contributed by atoms with E-state index in [0.29, 0.717) is 38.9 Å². The largest absolute Gasteiger partial charge is 0.394 e. The van der Waals surface area contributed by atoms with Crippen molar-refractivity contribution in [2.75, 3.05) is 19.7 Å². The molecule has 0 radical (unpaired) electrons. The summed E-state index contributed by atoms with van der Waals surface area (Å²) in [4.78, 5) is 48.5. The van der Waals surface area contributed by atoms with Crippen LogP contribution in [0.3, 0.4) is 0 Å². The van der Waals surface area contributed by atoms with Crippen molar-refractivity contribution in [3.8, 4) is 0 Å². The fourth-order valence-corrected chi connectivity index (χ4v) is 7.97. The fourth-order valence-electron chi connectivity index (χ4n) is 7.97. The zero-order chi connectivity index (χ0) is 29.1. The minimum Gasteiger partial charge on any atom is -0.394 e. The van der Waals surface area contributed by atoms with Gasteiger partial charge in [0.2, 0.25) is 17.7 Å². The lowest BCUT2D eigenvalue weighted by Gasteiger charge is -2.42. The van der Waals surface area contributed by atoms with Gasteiger partial charge in [-0.2, -0.15) is 0 Å². The van der Waals surface area contributed by atoms with Crippen molar-refractivity contribution in [2.45, 2.75) is 94.7 Å². The van der Waals surface area contributed by atoms with Crippen LogP contribution in [-0.2, 0) is 25.7 Å². The normalized spacial score (nSPS) is 29.7. The van der Waals surface area contributed by atoms with Crippen LogP contribution in [0, 0.1) is 11.8 Å². The Morgan fingerprint density at radius 1 is 1.10 bits per heavy atom. The molecule has 41 heavy (non-hydrogen) atoms. The molecule has 1 aromatic rings. The Bertz CT molecular complexity index is 1130. The SMILES string of the molecule is C=CCN(Cc1ccccc1)C(=O)[C@@H]1[C@H]2C(=O)N([C@@H](CC)CO)C(C(=O)N(CC=C)C3CCCCC3)C23CC[C@H]1O3. The molecule has 1 aliphatic carbocycles. The molecule has 2 unspecified atom stereocenters. The number of hydrogen-bond acceptors (Lipinski definition) is 5. The number of carbonyl (C=O) groups excluding carboxylic acids is 3. The van der Waals surface area contributed by atoms with E-state index >= 15 is 0 Å². The summed E-state index contributed by atoms with van der Waals surface area (Å²) >= 11 is 0. The number of fused-ring (bicyclic) bond motifs is 1. The molecule has 1 aromatic carbocycles. The zero-order valence-corrected chi connectivity index (χ0v) is 24.3. The highest BCUT2D eigenvalue weighted by atomic mass is 16.5. The van der Waals surface area contributed by atoms with Gasteiger partial charge in [-0.25, -0.2) is 0 Å². The van der Waals surface area contributed by atoms with Gasteiger partial charge in [-0.1, -0.05) is 68.7 Å². The molecule has 8 nitrogen and oxygen atoms in total. The highest BCUT2D eigenvalue weighted by molar-refractivity contribution is 5.99. The Balaban J connectivity index is 1.52. The molecule has 1 saturated carbocycles. The number of ether oxygens (including phenoxy) is 1. The van der Waals surface area contributed by atoms with Crippen LogP contribution < -0.4 is 0 Å². The highest BCUT2D eigenvalue weighted by Gasteiger charge is 2.75. The molecule has 5 rings (SSSR count). The van der Waals surface area contributed by atoms with E-state index in [-0.39, 0.29) is 30.4 Å². The first-order valence-electron chi connectivity index (χ1n) is 15.4. The minimum atomic E-state index is -1.08. The molecular formula is C33H45N3O5. The zero-order valence-electron chi connectivity index (χ0n) is 24.3. The van der Waals surface area contributed by atoms with E-state index in [4.69, 9.17) is 4.74 Å². The van der Waals surface area contributed by atoms with Gasteiger partial charge in [-0.15, -0.1) is 13.2 Å². The van der Waals surface area contributed by atoms with Gasteiger partial charge in [0.25, 0.3) is 0 Å². The topological polar surface area (TPSA) is 90.4 Å². The Kier molecular flexibility index (Phi) is 9.00. The minimum absolute atomic E-state index is 0.0841. The first-order chi connectivity index (χ1) is 19.9. The fraction of sp³-hybridized carbons (Fsp3) is 0.606. The van der Waals surface area contributed by atoms with Crippen LogP contribution in [0.15, 0.2) is 55.6 Å². The Morgan fingerprint density at radius 3 is 2.44 bits per heavy atom. The maximum atomic E-state index is 14.6. The first-order valence-corrected chi connectivity index (χ1v) is 15.4. The van der Waals surface area contributed by atoms with E-state index < -0.39 is 35.6 Å². The predicted octanol–water partition coefficient (Wildman–Crippen LogP) is 3.69. The van der Waals surface area contributed by atoms with Gasteiger partial charge in [0.15, 0.2) is 0 Å². The monoisotopic (exact) mass is 563 g/mol. The average Bonchev–Trinajstić information content (AvgIpc) is 3.64. The van der Waals surface area contributed by atoms with Crippen LogP contribution >= 0.6 is 0 Å². The second kappa shape index (κ2) is 12.5. The number of hydrogen-bond donors (Lipinski definition) is 1. The quantitative estimate of drug-likeness (QED) is 0.392. The summed E-state index contributed by atoms with van der Waals surface area (Å²) in [6.45, 7) is 10.6. The third-order valence-electron chi connectivity index (χ3n) is 9.83. The number of aliphatic hydroxyl groups excluding tert-OH is 1. The molecule has 0 aromatic heterocycles. The van der Waals surface area contributed by atoms with Crippen molar-refractivity contribution in [3.63, 3.8) is 0 Å². The summed E-state index contributed by atoms with van der Waals surface area (Å²) in [5.41, 5.74) is -0.0876. The van der Waals surface area contributed by atoms with Gasteiger partial charge in [-0.3, -0.25) is 14.4 Å². The number of likely N-dealkylation sites (tertiary alicyclic amines) is 1. The number of aliphatic hydroxyl groups is 1. The molecule has 222 valence electrons. The van der Waals surface area contributed by atoms with Gasteiger partial charge in [0, 0.05) is 25.7 Å². The third kappa shape index (κ3) is 5.14. The Hall–Kier alpha value is -2.97. The lowest BCUT2D eigenvalue weighted by molar-refractivity contribution is -0.153. The van der Waals surface area contributed by atoms with Gasteiger partial charge < -0.3 is 24.5 Å². The number of benzene rings is 1. The summed E-state index contributed by atoms with van der Waals surface area (Å²) < 4.78 is 6.69. The molecule has 4 fully saturated rings. The smallest absolute Gasteiger partial charge is 0.248 e. The maximum absolute atomic E-state index is 14.6. The molecular weight excluding hydrogens is 518 g/mol. The number of rotatable bonds is 12. The van der Waals surface area contributed by atoms with Crippen molar-refractivity contribution in [3.05, 3.63) is 61.2 Å². The predicted molar refractivity (Wildman–Crippen MR) is 156 cm³/mol. The molecule has 4 aliphatic rings. The molecule has 6 atom stereocenters. The van der Waals surface area contributed by atoms with Crippen molar-refractivity contribution >= 4 is 17.7 Å². The van der Waals surface area contributed by atoms with E-state index in [2.05, 4.69) is 13.2 Å². The molecule has 2 bridgehead atoms. The summed E-state index contributed by atoms with van der Waals surface area (Å²) in [7, 11) is 0. The van der Waals surface area contributed by atoms with Crippen LogP contribution in [0.5, 0.6) is 0 Å². The number of nitrogens with zero attached hydrogens (tertiary/aromatic N) is 3. The van der Waals surface area contributed by atoms with Crippen LogP contribution in [0.4, 0.5) is 0 Å². The van der Waals surface area contributed by atoms with Crippen LogP contribution in [0.25, 0.3) is 0 Å². The van der Waals surface area contributed by atoms with E-state index in [1.807, 2.05) is 42.2 Å². The molecule has 3 aliphatic heterocycles. The van der Waals surface area contributed by atoms with Gasteiger partial charge in [0.1, 0.15) is 11.6 Å². The van der Waals surface area contributed by atoms with Gasteiger partial charge in [-0.05, 0) is 37.7 Å². The third-order valence-corrected chi connectivity index (χ3v) is 9.83. The summed E-state index contributed by atoms with van der Waals surface area (Å²) in [5.74, 6) is -1.97. The standard InChI is InChI=1S/C33H45N3O5/c1-4-19-34(21-23-13-9-7-10-14-23)30(38)27-26-17-18-33(41-26)28(27)31(39)36(24(6-3)22-37)29(33)32(40)35(20-5-2)25-15-11-8-12-16-25/h4-5,7,9-10,13-14,24-29,37H,1-2,6,8,11-12,15-22H2,3H3/t24-,26+,27-,28-,29?,33?/m0/s1. The summed E-state index contributed by atoms with van der Waals surface area (Å²) in [6, 6.07) is 8.46. The molecule has 3 heterocycles. The molecule has 1 spiro atoms. The van der Waals surface area contributed by atoms with Crippen molar-refractivity contribution in [1.29, 1.82) is 0 Å². The van der Waals surface area contributed by atoms with Gasteiger partial charge in [0.05, 0.1) is 30.6 Å². The van der Waals surface area contributed by atoms with Gasteiger partial charge >= 0.3 is 0 Å². The molecule has 1 N–H and O–H groups in total. The molecule has 3 amide bonds. The molecule has 3 saturated heterocycles. The summed E-state index contributed by atoms with van der Waals surface area (Å²) in [6.07, 6.45) is 9.83. The lowest BCUT2D eigenvalue weighted by Crippen LogP contribution is -2.60. The Labute approximate surface area is 244 Å². The van der Waals surface area contributed by atoms with Crippen molar-refractivity contribution in [2.24, 2.45) is 11.8 Å². The van der Waals surface area contributed by atoms with E-state index in [1.54, 1.807) is 22.0 Å².